The van der Waals surface area contributed by atoms with Crippen LogP contribution < -0.4 is 4.90 Å². The lowest BCUT2D eigenvalue weighted by molar-refractivity contribution is -0.118. The Balaban J connectivity index is 1.73. The molecule has 0 bridgehead atoms. The number of benzene rings is 1. The second kappa shape index (κ2) is 8.20. The maximum atomic E-state index is 13.2. The zero-order valence-corrected chi connectivity index (χ0v) is 17.5. The molecular formula is C22H21N3OS2. The van der Waals surface area contributed by atoms with Crippen LogP contribution in [-0.2, 0) is 17.8 Å². The minimum absolute atomic E-state index is 0.0523. The number of para-hydroxylation sites is 1. The van der Waals surface area contributed by atoms with Crippen LogP contribution in [0.5, 0.6) is 0 Å². The fourth-order valence-electron chi connectivity index (χ4n) is 3.13. The largest absolute Gasteiger partial charge is 0.283 e. The van der Waals surface area contributed by atoms with Crippen LogP contribution in [0.25, 0.3) is 10.2 Å². The number of rotatable bonds is 6. The Morgan fingerprint density at radius 1 is 1.14 bits per heavy atom. The Labute approximate surface area is 172 Å². The molecule has 3 aromatic heterocycles. The van der Waals surface area contributed by atoms with Crippen molar-refractivity contribution in [3.8, 4) is 0 Å². The Morgan fingerprint density at radius 2 is 2.04 bits per heavy atom. The predicted octanol–water partition coefficient (Wildman–Crippen LogP) is 5.65. The van der Waals surface area contributed by atoms with E-state index < -0.39 is 0 Å². The standard InChI is InChI=1S/C22H21N3OS2/c1-15(2)18-8-3-9-19-21(18)24-22(28-19)25(14-16-6-4-10-23-13-16)20(26)12-17-7-5-11-27-17/h3-11,13,15H,12,14H2,1-2H3. The van der Waals surface area contributed by atoms with Gasteiger partial charge in [0.05, 0.1) is 23.2 Å². The van der Waals surface area contributed by atoms with Gasteiger partial charge in [-0.1, -0.05) is 49.4 Å². The maximum absolute atomic E-state index is 13.2. The summed E-state index contributed by atoms with van der Waals surface area (Å²) in [4.78, 5) is 25.1. The zero-order chi connectivity index (χ0) is 19.5. The predicted molar refractivity (Wildman–Crippen MR) is 117 cm³/mol. The Kier molecular flexibility index (Phi) is 5.50. The lowest BCUT2D eigenvalue weighted by Crippen LogP contribution is -2.31. The molecule has 0 saturated heterocycles. The van der Waals surface area contributed by atoms with E-state index in [0.29, 0.717) is 18.9 Å². The van der Waals surface area contributed by atoms with Gasteiger partial charge in [0, 0.05) is 17.3 Å². The van der Waals surface area contributed by atoms with Crippen LogP contribution in [0.4, 0.5) is 5.13 Å². The van der Waals surface area contributed by atoms with Gasteiger partial charge in [0.2, 0.25) is 5.91 Å². The van der Waals surface area contributed by atoms with Crippen molar-refractivity contribution in [1.29, 1.82) is 0 Å². The quantitative estimate of drug-likeness (QED) is 0.415. The molecule has 6 heteroatoms. The second-order valence-electron chi connectivity index (χ2n) is 6.94. The molecule has 0 unspecified atom stereocenters. The summed E-state index contributed by atoms with van der Waals surface area (Å²) in [6.45, 7) is 4.81. The van der Waals surface area contributed by atoms with Gasteiger partial charge < -0.3 is 0 Å². The summed E-state index contributed by atoms with van der Waals surface area (Å²) in [7, 11) is 0. The Hall–Kier alpha value is -2.57. The molecule has 0 aliphatic carbocycles. The molecule has 0 spiro atoms. The van der Waals surface area contributed by atoms with E-state index in [1.807, 2.05) is 29.6 Å². The molecular weight excluding hydrogens is 386 g/mol. The highest BCUT2D eigenvalue weighted by molar-refractivity contribution is 7.22. The number of anilines is 1. The molecule has 1 aromatic carbocycles. The maximum Gasteiger partial charge on any atom is 0.234 e. The van der Waals surface area contributed by atoms with Crippen molar-refractivity contribution in [3.63, 3.8) is 0 Å². The van der Waals surface area contributed by atoms with Gasteiger partial charge in [0.25, 0.3) is 0 Å². The van der Waals surface area contributed by atoms with E-state index in [1.165, 1.54) is 5.56 Å². The summed E-state index contributed by atoms with van der Waals surface area (Å²) in [5.41, 5.74) is 3.20. The van der Waals surface area contributed by atoms with Crippen molar-refractivity contribution in [2.24, 2.45) is 0 Å². The Bertz CT molecular complexity index is 1070. The normalized spacial score (nSPS) is 11.2. The van der Waals surface area contributed by atoms with Crippen LogP contribution in [0.15, 0.2) is 60.2 Å². The first-order valence-electron chi connectivity index (χ1n) is 9.23. The second-order valence-corrected chi connectivity index (χ2v) is 8.98. The number of fused-ring (bicyclic) bond motifs is 1. The van der Waals surface area contributed by atoms with E-state index in [2.05, 4.69) is 37.0 Å². The van der Waals surface area contributed by atoms with E-state index >= 15 is 0 Å². The third-order valence-electron chi connectivity index (χ3n) is 4.56. The SMILES string of the molecule is CC(C)c1cccc2sc(N(Cc3cccnc3)C(=O)Cc3cccs3)nc12. The van der Waals surface area contributed by atoms with Crippen LogP contribution in [-0.4, -0.2) is 15.9 Å². The number of hydrogen-bond donors (Lipinski definition) is 0. The Morgan fingerprint density at radius 3 is 2.75 bits per heavy atom. The van der Waals surface area contributed by atoms with Crippen LogP contribution in [0.3, 0.4) is 0 Å². The lowest BCUT2D eigenvalue weighted by Gasteiger charge is -2.19. The van der Waals surface area contributed by atoms with Gasteiger partial charge >= 0.3 is 0 Å². The fourth-order valence-corrected chi connectivity index (χ4v) is 4.85. The first-order chi connectivity index (χ1) is 13.6. The molecule has 0 saturated carbocycles. The molecule has 4 nitrogen and oxygen atoms in total. The number of hydrogen-bond acceptors (Lipinski definition) is 5. The summed E-state index contributed by atoms with van der Waals surface area (Å²) >= 11 is 3.18. The molecule has 142 valence electrons. The molecule has 4 rings (SSSR count). The average Bonchev–Trinajstić information content (AvgIpc) is 3.35. The van der Waals surface area contributed by atoms with Crippen molar-refractivity contribution >= 4 is 43.9 Å². The summed E-state index contributed by atoms with van der Waals surface area (Å²) in [5.74, 6) is 0.434. The molecule has 0 fully saturated rings. The number of amides is 1. The smallest absolute Gasteiger partial charge is 0.234 e. The van der Waals surface area contributed by atoms with Gasteiger partial charge in [-0.05, 0) is 40.6 Å². The number of carbonyl (C=O) groups excluding carboxylic acids is 1. The first kappa shape index (κ1) is 18.8. The topological polar surface area (TPSA) is 46.1 Å². The third-order valence-corrected chi connectivity index (χ3v) is 6.48. The van der Waals surface area contributed by atoms with Crippen LogP contribution >= 0.6 is 22.7 Å². The molecule has 1 amide bonds. The number of thiophene rings is 1. The van der Waals surface area contributed by atoms with Gasteiger partial charge in [0.15, 0.2) is 5.13 Å². The molecule has 0 atom stereocenters. The molecule has 28 heavy (non-hydrogen) atoms. The fraction of sp³-hybridized carbons (Fsp3) is 0.227. The summed E-state index contributed by atoms with van der Waals surface area (Å²) < 4.78 is 1.11. The van der Waals surface area contributed by atoms with Gasteiger partial charge in [-0.15, -0.1) is 11.3 Å². The number of carbonyl (C=O) groups is 1. The highest BCUT2D eigenvalue weighted by Crippen LogP contribution is 2.34. The molecule has 0 aliphatic heterocycles. The van der Waals surface area contributed by atoms with E-state index in [1.54, 1.807) is 40.0 Å². The van der Waals surface area contributed by atoms with Crippen LogP contribution in [0.1, 0.15) is 35.8 Å². The highest BCUT2D eigenvalue weighted by atomic mass is 32.1. The molecule has 0 radical (unpaired) electrons. The zero-order valence-electron chi connectivity index (χ0n) is 15.8. The van der Waals surface area contributed by atoms with Gasteiger partial charge in [-0.25, -0.2) is 4.98 Å². The van der Waals surface area contributed by atoms with E-state index in [9.17, 15) is 4.79 Å². The van der Waals surface area contributed by atoms with Gasteiger partial charge in [-0.2, -0.15) is 0 Å². The van der Waals surface area contributed by atoms with Crippen molar-refractivity contribution < 1.29 is 4.79 Å². The minimum atomic E-state index is 0.0523. The summed E-state index contributed by atoms with van der Waals surface area (Å²) in [6, 6.07) is 14.1. The lowest BCUT2D eigenvalue weighted by atomic mass is 10.0. The summed E-state index contributed by atoms with van der Waals surface area (Å²) in [6.07, 6.45) is 3.93. The number of pyridine rings is 1. The van der Waals surface area contributed by atoms with Crippen molar-refractivity contribution in [2.75, 3.05) is 4.90 Å². The van der Waals surface area contributed by atoms with E-state index in [-0.39, 0.29) is 5.91 Å². The van der Waals surface area contributed by atoms with Crippen molar-refractivity contribution in [1.82, 2.24) is 9.97 Å². The van der Waals surface area contributed by atoms with Crippen molar-refractivity contribution in [2.45, 2.75) is 32.7 Å². The summed E-state index contributed by atoms with van der Waals surface area (Å²) in [5, 5.41) is 2.74. The highest BCUT2D eigenvalue weighted by Gasteiger charge is 2.22. The van der Waals surface area contributed by atoms with Crippen LogP contribution in [0, 0.1) is 0 Å². The third kappa shape index (κ3) is 3.98. The van der Waals surface area contributed by atoms with Gasteiger partial charge in [-0.3, -0.25) is 14.7 Å². The molecule has 0 aliphatic rings. The monoisotopic (exact) mass is 407 g/mol. The number of thiazole rings is 1. The van der Waals surface area contributed by atoms with Gasteiger partial charge in [0.1, 0.15) is 0 Å². The van der Waals surface area contributed by atoms with Crippen LogP contribution in [0.2, 0.25) is 0 Å². The first-order valence-corrected chi connectivity index (χ1v) is 10.9. The average molecular weight is 408 g/mol. The molecule has 4 aromatic rings. The van der Waals surface area contributed by atoms with E-state index in [0.717, 1.165) is 25.8 Å². The molecule has 3 heterocycles. The van der Waals surface area contributed by atoms with Crippen molar-refractivity contribution in [3.05, 3.63) is 76.2 Å². The minimum Gasteiger partial charge on any atom is -0.283 e. The number of aromatic nitrogens is 2. The molecule has 0 N–H and O–H groups in total. The van der Waals surface area contributed by atoms with E-state index in [4.69, 9.17) is 4.98 Å². The number of nitrogens with zero attached hydrogens (tertiary/aromatic N) is 3.